The number of carbonyl (C=O) groups is 2. The summed E-state index contributed by atoms with van der Waals surface area (Å²) in [5, 5.41) is 2.12. The smallest absolute Gasteiger partial charge is 0.331 e. The highest BCUT2D eigenvalue weighted by atomic mass is 16.5. The van der Waals surface area contributed by atoms with E-state index in [0.717, 1.165) is 27.6 Å². The Labute approximate surface area is 181 Å². The molecule has 0 aliphatic rings. The van der Waals surface area contributed by atoms with E-state index in [1.165, 1.54) is 11.0 Å². The number of likely N-dealkylation sites (N-methyl/N-ethyl adjacent to an activating group) is 1. The Morgan fingerprint density at radius 2 is 1.68 bits per heavy atom. The number of hydrogen-bond acceptors (Lipinski definition) is 5. The first-order valence-electron chi connectivity index (χ1n) is 9.78. The van der Waals surface area contributed by atoms with Crippen LogP contribution in [0.4, 0.5) is 0 Å². The Bertz CT molecular complexity index is 1110. The van der Waals surface area contributed by atoms with Crippen molar-refractivity contribution in [1.29, 1.82) is 0 Å². The lowest BCUT2D eigenvalue weighted by atomic mass is 10.1. The highest BCUT2D eigenvalue weighted by molar-refractivity contribution is 5.89. The minimum atomic E-state index is -0.590. The molecule has 160 valence electrons. The molecule has 0 atom stereocenters. The number of amides is 1. The Kier molecular flexibility index (Phi) is 7.27. The van der Waals surface area contributed by atoms with Crippen molar-refractivity contribution < 1.29 is 23.8 Å². The largest absolute Gasteiger partial charge is 0.497 e. The fourth-order valence-electron chi connectivity index (χ4n) is 3.11. The Morgan fingerprint density at radius 3 is 2.45 bits per heavy atom. The van der Waals surface area contributed by atoms with E-state index in [4.69, 9.17) is 14.2 Å². The predicted molar refractivity (Wildman–Crippen MR) is 120 cm³/mol. The molecule has 0 radical (unpaired) electrons. The van der Waals surface area contributed by atoms with Gasteiger partial charge in [0.15, 0.2) is 6.61 Å². The minimum absolute atomic E-state index is 0.283. The number of methoxy groups -OCH3 is 2. The average molecular weight is 419 g/mol. The van der Waals surface area contributed by atoms with Crippen molar-refractivity contribution in [2.75, 3.05) is 27.9 Å². The molecule has 1 amide bonds. The molecular formula is C25H25NO5. The summed E-state index contributed by atoms with van der Waals surface area (Å²) in [4.78, 5) is 25.9. The van der Waals surface area contributed by atoms with Crippen molar-refractivity contribution >= 4 is 28.7 Å². The van der Waals surface area contributed by atoms with Crippen molar-refractivity contribution in [2.45, 2.75) is 6.54 Å². The molecule has 0 heterocycles. The van der Waals surface area contributed by atoms with Gasteiger partial charge in [-0.1, -0.05) is 36.4 Å². The van der Waals surface area contributed by atoms with Gasteiger partial charge < -0.3 is 19.1 Å². The Hall–Kier alpha value is -3.80. The van der Waals surface area contributed by atoms with E-state index in [-0.39, 0.29) is 12.5 Å². The summed E-state index contributed by atoms with van der Waals surface area (Å²) in [5.74, 6) is 0.575. The van der Waals surface area contributed by atoms with Gasteiger partial charge in [0.2, 0.25) is 0 Å². The van der Waals surface area contributed by atoms with Gasteiger partial charge in [-0.25, -0.2) is 4.79 Å². The van der Waals surface area contributed by atoms with Gasteiger partial charge >= 0.3 is 5.97 Å². The van der Waals surface area contributed by atoms with Crippen LogP contribution in [0.25, 0.3) is 16.8 Å². The summed E-state index contributed by atoms with van der Waals surface area (Å²) in [6, 6.07) is 19.1. The minimum Gasteiger partial charge on any atom is -0.497 e. The molecule has 0 aliphatic heterocycles. The number of rotatable bonds is 8. The number of ether oxygens (including phenoxy) is 3. The Morgan fingerprint density at radius 1 is 0.935 bits per heavy atom. The van der Waals surface area contributed by atoms with Crippen LogP contribution >= 0.6 is 0 Å². The average Bonchev–Trinajstić information content (AvgIpc) is 2.80. The first kappa shape index (κ1) is 21.9. The third kappa shape index (κ3) is 5.85. The Balaban J connectivity index is 1.53. The van der Waals surface area contributed by atoms with Gasteiger partial charge in [-0.3, -0.25) is 4.79 Å². The maximum absolute atomic E-state index is 12.4. The molecule has 3 aromatic rings. The van der Waals surface area contributed by atoms with Gasteiger partial charge in [0.05, 0.1) is 14.2 Å². The van der Waals surface area contributed by atoms with Crippen LogP contribution in [0.5, 0.6) is 11.5 Å². The van der Waals surface area contributed by atoms with Gasteiger partial charge in [-0.05, 0) is 46.7 Å². The predicted octanol–water partition coefficient (Wildman–Crippen LogP) is 4.07. The first-order chi connectivity index (χ1) is 15.0. The third-order valence-electron chi connectivity index (χ3n) is 4.83. The molecule has 3 aromatic carbocycles. The van der Waals surface area contributed by atoms with Gasteiger partial charge in [-0.2, -0.15) is 0 Å². The molecule has 0 saturated heterocycles. The van der Waals surface area contributed by atoms with Crippen LogP contribution in [-0.2, 0) is 20.9 Å². The summed E-state index contributed by atoms with van der Waals surface area (Å²) in [6.45, 7) is 0.0891. The zero-order valence-electron chi connectivity index (χ0n) is 17.8. The highest BCUT2D eigenvalue weighted by Crippen LogP contribution is 2.22. The van der Waals surface area contributed by atoms with E-state index in [1.54, 1.807) is 33.4 Å². The van der Waals surface area contributed by atoms with Crippen LogP contribution in [0.15, 0.2) is 66.7 Å². The molecule has 6 nitrogen and oxygen atoms in total. The van der Waals surface area contributed by atoms with E-state index < -0.39 is 5.97 Å². The van der Waals surface area contributed by atoms with Gasteiger partial charge in [0, 0.05) is 25.2 Å². The molecule has 3 rings (SSSR count). The molecule has 0 aromatic heterocycles. The maximum atomic E-state index is 12.4. The molecule has 0 N–H and O–H groups in total. The van der Waals surface area contributed by atoms with Crippen molar-refractivity contribution in [3.05, 3.63) is 77.9 Å². The molecule has 31 heavy (non-hydrogen) atoms. The third-order valence-corrected chi connectivity index (χ3v) is 4.83. The zero-order chi connectivity index (χ0) is 22.2. The molecule has 0 aliphatic carbocycles. The topological polar surface area (TPSA) is 65.1 Å². The lowest BCUT2D eigenvalue weighted by Gasteiger charge is -2.17. The van der Waals surface area contributed by atoms with E-state index in [0.29, 0.717) is 12.3 Å². The number of nitrogens with zero attached hydrogens (tertiary/aromatic N) is 1. The summed E-state index contributed by atoms with van der Waals surface area (Å²) < 4.78 is 15.6. The zero-order valence-corrected chi connectivity index (χ0v) is 17.8. The summed E-state index contributed by atoms with van der Waals surface area (Å²) in [7, 11) is 4.88. The number of benzene rings is 3. The second kappa shape index (κ2) is 10.3. The first-order valence-corrected chi connectivity index (χ1v) is 9.78. The van der Waals surface area contributed by atoms with Crippen molar-refractivity contribution in [1.82, 2.24) is 4.90 Å². The van der Waals surface area contributed by atoms with Crippen LogP contribution in [0.1, 0.15) is 11.1 Å². The number of esters is 1. The standard InChI is InChI=1S/C25H25NO5/c1-26(16-18-8-9-21-15-22(29-2)12-10-20(21)14-18)24(27)17-31-25(28)13-11-19-6-4-5-7-23(19)30-3/h4-15H,16-17H2,1-3H3/b13-11+. The molecule has 0 spiro atoms. The second-order valence-corrected chi connectivity index (χ2v) is 6.98. The number of carbonyl (C=O) groups excluding carboxylic acids is 2. The monoisotopic (exact) mass is 419 g/mol. The SMILES string of the molecule is COc1ccc2cc(CN(C)C(=O)COC(=O)/C=C/c3ccccc3OC)ccc2c1. The van der Waals surface area contributed by atoms with Crippen molar-refractivity contribution in [3.63, 3.8) is 0 Å². The van der Waals surface area contributed by atoms with Crippen LogP contribution in [0, 0.1) is 0 Å². The van der Waals surface area contributed by atoms with Crippen molar-refractivity contribution in [3.8, 4) is 11.5 Å². The van der Waals surface area contributed by atoms with Gasteiger partial charge in [0.25, 0.3) is 5.91 Å². The van der Waals surface area contributed by atoms with Crippen molar-refractivity contribution in [2.24, 2.45) is 0 Å². The highest BCUT2D eigenvalue weighted by Gasteiger charge is 2.12. The van der Waals surface area contributed by atoms with E-state index in [2.05, 4.69) is 0 Å². The van der Waals surface area contributed by atoms with E-state index in [1.807, 2.05) is 54.6 Å². The number of hydrogen-bond donors (Lipinski definition) is 0. The fourth-order valence-corrected chi connectivity index (χ4v) is 3.11. The van der Waals surface area contributed by atoms with Crippen LogP contribution in [0.3, 0.4) is 0 Å². The number of fused-ring (bicyclic) bond motifs is 1. The summed E-state index contributed by atoms with van der Waals surface area (Å²) in [6.07, 6.45) is 2.88. The van der Waals surface area contributed by atoms with E-state index in [9.17, 15) is 9.59 Å². The molecule has 0 unspecified atom stereocenters. The molecule has 6 heteroatoms. The second-order valence-electron chi connectivity index (χ2n) is 6.98. The molecule has 0 bridgehead atoms. The summed E-state index contributed by atoms with van der Waals surface area (Å²) >= 11 is 0. The molecule has 0 fully saturated rings. The molecular weight excluding hydrogens is 394 g/mol. The van der Waals surface area contributed by atoms with Gasteiger partial charge in [0.1, 0.15) is 11.5 Å². The molecule has 0 saturated carbocycles. The van der Waals surface area contributed by atoms with Crippen LogP contribution in [-0.4, -0.2) is 44.7 Å². The summed E-state index contributed by atoms with van der Waals surface area (Å²) in [5.41, 5.74) is 1.73. The fraction of sp³-hybridized carbons (Fsp3) is 0.200. The lowest BCUT2D eigenvalue weighted by Crippen LogP contribution is -2.30. The normalized spacial score (nSPS) is 10.8. The van der Waals surface area contributed by atoms with Crippen LogP contribution < -0.4 is 9.47 Å². The maximum Gasteiger partial charge on any atom is 0.331 e. The van der Waals surface area contributed by atoms with Gasteiger partial charge in [-0.15, -0.1) is 0 Å². The quantitative estimate of drug-likeness (QED) is 0.407. The van der Waals surface area contributed by atoms with E-state index >= 15 is 0 Å². The van der Waals surface area contributed by atoms with Crippen LogP contribution in [0.2, 0.25) is 0 Å². The lowest BCUT2D eigenvalue weighted by molar-refractivity contribution is -0.147. The number of para-hydroxylation sites is 1.